The highest BCUT2D eigenvalue weighted by Crippen LogP contribution is 2.30. The van der Waals surface area contributed by atoms with Crippen LogP contribution in [0, 0.1) is 10.1 Å². The summed E-state index contributed by atoms with van der Waals surface area (Å²) in [6, 6.07) is 14.3. The zero-order valence-corrected chi connectivity index (χ0v) is 18.5. The van der Waals surface area contributed by atoms with Crippen LogP contribution < -0.4 is 10.1 Å². The van der Waals surface area contributed by atoms with Gasteiger partial charge in [-0.1, -0.05) is 46.9 Å². The second kappa shape index (κ2) is 9.52. The van der Waals surface area contributed by atoms with Gasteiger partial charge >= 0.3 is 0 Å². The van der Waals surface area contributed by atoms with Gasteiger partial charge in [0.1, 0.15) is 4.90 Å². The van der Waals surface area contributed by atoms with Crippen molar-refractivity contribution >= 4 is 68.1 Å². The predicted molar refractivity (Wildman–Crippen MR) is 123 cm³/mol. The molecule has 0 aliphatic heterocycles. The third-order valence-corrected chi connectivity index (χ3v) is 6.04. The van der Waals surface area contributed by atoms with E-state index >= 15 is 0 Å². The number of hydrogen-bond acceptors (Lipinski definition) is 6. The lowest BCUT2D eigenvalue weighted by molar-refractivity contribution is -0.385. The molecule has 3 aromatic rings. The third kappa shape index (κ3) is 5.86. The molecule has 0 amide bonds. The van der Waals surface area contributed by atoms with E-state index in [-0.39, 0.29) is 21.3 Å². The fourth-order valence-electron chi connectivity index (χ4n) is 2.51. The van der Waals surface area contributed by atoms with Crippen molar-refractivity contribution < 1.29 is 13.3 Å². The van der Waals surface area contributed by atoms with Crippen LogP contribution in [0.4, 0.5) is 17.1 Å². The summed E-state index contributed by atoms with van der Waals surface area (Å²) in [6.45, 7) is 0. The summed E-state index contributed by atoms with van der Waals surface area (Å²) in [4.78, 5) is 10.1. The van der Waals surface area contributed by atoms with Gasteiger partial charge in [-0.3, -0.25) is 20.3 Å². The fourth-order valence-corrected chi connectivity index (χ4v) is 4.55. The molecule has 3 aromatic carbocycles. The summed E-state index contributed by atoms with van der Waals surface area (Å²) in [5, 5.41) is 16.1. The van der Waals surface area contributed by atoms with Gasteiger partial charge in [0.15, 0.2) is 0 Å². The molecule has 0 bridgehead atoms. The van der Waals surface area contributed by atoms with E-state index in [1.54, 1.807) is 30.3 Å². The molecular weight excluding hydrogens is 487 g/mol. The number of halogens is 3. The number of nitro benzene ring substituents is 1. The van der Waals surface area contributed by atoms with Crippen molar-refractivity contribution in [1.82, 2.24) is 0 Å². The zero-order chi connectivity index (χ0) is 22.6. The van der Waals surface area contributed by atoms with Gasteiger partial charge < -0.3 is 0 Å². The van der Waals surface area contributed by atoms with Gasteiger partial charge in [0.2, 0.25) is 0 Å². The predicted octanol–water partition coefficient (Wildman–Crippen LogP) is 5.80. The van der Waals surface area contributed by atoms with E-state index in [1.165, 1.54) is 24.4 Å². The van der Waals surface area contributed by atoms with Crippen LogP contribution in [-0.2, 0) is 10.0 Å². The molecule has 12 heteroatoms. The highest BCUT2D eigenvalue weighted by atomic mass is 35.5. The highest BCUT2D eigenvalue weighted by Gasteiger charge is 2.23. The summed E-state index contributed by atoms with van der Waals surface area (Å²) < 4.78 is 28.2. The van der Waals surface area contributed by atoms with Gasteiger partial charge in [0.05, 0.1) is 27.5 Å². The number of sulfonamides is 1. The molecule has 0 atom stereocenters. The Bertz CT molecular complexity index is 1260. The average molecular weight is 500 g/mol. The summed E-state index contributed by atoms with van der Waals surface area (Å²) >= 11 is 17.9. The molecule has 0 radical (unpaired) electrons. The molecule has 31 heavy (non-hydrogen) atoms. The van der Waals surface area contributed by atoms with Gasteiger partial charge in [-0.2, -0.15) is 5.10 Å². The molecule has 0 spiro atoms. The SMILES string of the molecule is O=[N+]([O-])c1ccc(N/N=C/c2cc(Cl)cc(Cl)c2)c(S(=O)(=O)Nc2ccccc2Cl)c1. The maximum absolute atomic E-state index is 13.0. The van der Waals surface area contributed by atoms with Crippen LogP contribution in [0.25, 0.3) is 0 Å². The molecule has 2 N–H and O–H groups in total. The number of rotatable bonds is 7. The van der Waals surface area contributed by atoms with Crippen LogP contribution in [0.2, 0.25) is 15.1 Å². The second-order valence-electron chi connectivity index (χ2n) is 6.10. The number of para-hydroxylation sites is 1. The van der Waals surface area contributed by atoms with E-state index in [0.717, 1.165) is 12.1 Å². The lowest BCUT2D eigenvalue weighted by Crippen LogP contribution is -2.15. The number of non-ortho nitro benzene ring substituents is 1. The maximum Gasteiger partial charge on any atom is 0.270 e. The van der Waals surface area contributed by atoms with E-state index in [1.807, 2.05) is 0 Å². The topological polar surface area (TPSA) is 114 Å². The van der Waals surface area contributed by atoms with Gasteiger partial charge in [-0.25, -0.2) is 8.42 Å². The molecule has 0 aliphatic rings. The summed E-state index contributed by atoms with van der Waals surface area (Å²) in [5.41, 5.74) is 2.87. The first-order chi connectivity index (χ1) is 14.7. The number of nitrogens with one attached hydrogen (secondary N) is 2. The Morgan fingerprint density at radius 3 is 2.26 bits per heavy atom. The first-order valence-corrected chi connectivity index (χ1v) is 11.1. The quantitative estimate of drug-likeness (QED) is 0.242. The lowest BCUT2D eigenvalue weighted by atomic mass is 10.2. The average Bonchev–Trinajstić information content (AvgIpc) is 2.69. The summed E-state index contributed by atoms with van der Waals surface area (Å²) in [7, 11) is -4.25. The Morgan fingerprint density at radius 2 is 1.61 bits per heavy atom. The molecule has 3 rings (SSSR count). The van der Waals surface area contributed by atoms with Gasteiger partial charge in [0.25, 0.3) is 15.7 Å². The Labute approximate surface area is 192 Å². The van der Waals surface area contributed by atoms with Crippen LogP contribution in [-0.4, -0.2) is 19.6 Å². The Hall–Kier alpha value is -2.85. The number of nitrogens with zero attached hydrogens (tertiary/aromatic N) is 2. The smallest absolute Gasteiger partial charge is 0.270 e. The maximum atomic E-state index is 13.0. The molecule has 0 aliphatic carbocycles. The van der Waals surface area contributed by atoms with Crippen molar-refractivity contribution in [3.05, 3.63) is 91.4 Å². The Balaban J connectivity index is 1.96. The molecule has 0 fully saturated rings. The summed E-state index contributed by atoms with van der Waals surface area (Å²) in [6.07, 6.45) is 1.37. The molecule has 8 nitrogen and oxygen atoms in total. The first-order valence-electron chi connectivity index (χ1n) is 8.47. The number of nitro groups is 1. The normalized spacial score (nSPS) is 11.5. The lowest BCUT2D eigenvalue weighted by Gasteiger charge is -2.12. The van der Waals surface area contributed by atoms with Crippen LogP contribution in [0.1, 0.15) is 5.56 Å². The number of anilines is 2. The van der Waals surface area contributed by atoms with Gasteiger partial charge in [-0.05, 0) is 42.0 Å². The van der Waals surface area contributed by atoms with E-state index < -0.39 is 20.6 Å². The van der Waals surface area contributed by atoms with Crippen molar-refractivity contribution in [2.45, 2.75) is 4.90 Å². The van der Waals surface area contributed by atoms with Gasteiger partial charge in [0, 0.05) is 22.2 Å². The molecule has 0 saturated carbocycles. The van der Waals surface area contributed by atoms with Crippen LogP contribution in [0.15, 0.2) is 70.7 Å². The third-order valence-electron chi connectivity index (χ3n) is 3.87. The van der Waals surface area contributed by atoms with E-state index in [4.69, 9.17) is 34.8 Å². The van der Waals surface area contributed by atoms with Crippen molar-refractivity contribution in [2.24, 2.45) is 5.10 Å². The minimum atomic E-state index is -4.25. The molecular formula is C19H13Cl3N4O4S. The first kappa shape index (κ1) is 22.8. The summed E-state index contributed by atoms with van der Waals surface area (Å²) in [5.74, 6) is 0. The Morgan fingerprint density at radius 1 is 0.935 bits per heavy atom. The monoisotopic (exact) mass is 498 g/mol. The molecule has 0 saturated heterocycles. The largest absolute Gasteiger partial charge is 0.278 e. The zero-order valence-electron chi connectivity index (χ0n) is 15.4. The van der Waals surface area contributed by atoms with Crippen molar-refractivity contribution in [3.8, 4) is 0 Å². The number of hydrazone groups is 1. The standard InChI is InChI=1S/C19H13Cl3N4O4S/c20-13-7-12(8-14(21)9-13)11-23-24-18-6-5-15(26(27)28)10-19(18)31(29,30)25-17-4-2-1-3-16(17)22/h1-11,24-25H/b23-11+. The van der Waals surface area contributed by atoms with Crippen molar-refractivity contribution in [2.75, 3.05) is 10.1 Å². The van der Waals surface area contributed by atoms with Crippen LogP contribution in [0.3, 0.4) is 0 Å². The van der Waals surface area contributed by atoms with Crippen molar-refractivity contribution in [3.63, 3.8) is 0 Å². The number of hydrogen-bond donors (Lipinski definition) is 2. The van der Waals surface area contributed by atoms with E-state index in [2.05, 4.69) is 15.2 Å². The number of benzene rings is 3. The van der Waals surface area contributed by atoms with E-state index in [9.17, 15) is 18.5 Å². The molecule has 0 aromatic heterocycles. The molecule has 0 unspecified atom stereocenters. The highest BCUT2D eigenvalue weighted by molar-refractivity contribution is 7.93. The van der Waals surface area contributed by atoms with Gasteiger partial charge in [-0.15, -0.1) is 0 Å². The van der Waals surface area contributed by atoms with E-state index in [0.29, 0.717) is 15.6 Å². The molecule has 160 valence electrons. The van der Waals surface area contributed by atoms with Crippen LogP contribution in [0.5, 0.6) is 0 Å². The minimum Gasteiger partial charge on any atom is -0.278 e. The van der Waals surface area contributed by atoms with Crippen molar-refractivity contribution in [1.29, 1.82) is 0 Å². The second-order valence-corrected chi connectivity index (χ2v) is 9.03. The molecule has 0 heterocycles. The minimum absolute atomic E-state index is 0.00882. The fraction of sp³-hybridized carbons (Fsp3) is 0. The van der Waals surface area contributed by atoms with Crippen LogP contribution >= 0.6 is 34.8 Å². The Kier molecular flexibility index (Phi) is 7.01.